The summed E-state index contributed by atoms with van der Waals surface area (Å²) < 4.78 is 0. The van der Waals surface area contributed by atoms with Gasteiger partial charge in [-0.3, -0.25) is 0 Å². The van der Waals surface area contributed by atoms with Crippen molar-refractivity contribution in [3.63, 3.8) is 0 Å². The minimum absolute atomic E-state index is 0.192. The highest BCUT2D eigenvalue weighted by molar-refractivity contribution is 5.18. The third kappa shape index (κ3) is 1.02. The Kier molecular flexibility index (Phi) is 1.98. The van der Waals surface area contributed by atoms with Crippen LogP contribution in [0.2, 0.25) is 0 Å². The lowest BCUT2D eigenvalue weighted by Gasteiger charge is -2.62. The SMILES string of the molecule is C[C@@H]1CC[C@@H]2[C@H]3CC[C@](C)(CC2(C)C)[C@@]13O. The van der Waals surface area contributed by atoms with E-state index in [2.05, 4.69) is 27.7 Å². The van der Waals surface area contributed by atoms with Gasteiger partial charge in [-0.05, 0) is 60.7 Å². The van der Waals surface area contributed by atoms with Crippen molar-refractivity contribution in [1.29, 1.82) is 0 Å². The molecule has 0 unspecified atom stereocenters. The molecule has 3 rings (SSSR count). The summed E-state index contributed by atoms with van der Waals surface area (Å²) in [5.74, 6) is 1.87. The van der Waals surface area contributed by atoms with Crippen LogP contribution >= 0.6 is 0 Å². The van der Waals surface area contributed by atoms with Crippen molar-refractivity contribution in [2.45, 2.75) is 65.4 Å². The molecule has 4 bridgehead atoms. The van der Waals surface area contributed by atoms with E-state index in [-0.39, 0.29) is 11.0 Å². The summed E-state index contributed by atoms with van der Waals surface area (Å²) in [5, 5.41) is 11.3. The quantitative estimate of drug-likeness (QED) is 0.664. The summed E-state index contributed by atoms with van der Waals surface area (Å²) in [6.45, 7) is 9.51. The van der Waals surface area contributed by atoms with Gasteiger partial charge in [-0.1, -0.05) is 27.7 Å². The Bertz CT molecular complexity index is 321. The molecule has 1 heteroatoms. The largest absolute Gasteiger partial charge is 0.389 e. The molecular formula is C15H26O. The van der Waals surface area contributed by atoms with E-state index in [9.17, 15) is 5.11 Å². The minimum Gasteiger partial charge on any atom is -0.389 e. The lowest BCUT2D eigenvalue weighted by molar-refractivity contribution is -0.216. The third-order valence-corrected chi connectivity index (χ3v) is 6.54. The van der Waals surface area contributed by atoms with Crippen molar-refractivity contribution in [1.82, 2.24) is 0 Å². The van der Waals surface area contributed by atoms with Crippen LogP contribution in [0, 0.1) is 28.6 Å². The van der Waals surface area contributed by atoms with Gasteiger partial charge in [-0.15, -0.1) is 0 Å². The molecule has 0 aromatic heterocycles. The van der Waals surface area contributed by atoms with Crippen LogP contribution in [0.3, 0.4) is 0 Å². The van der Waals surface area contributed by atoms with Crippen LogP contribution in [0.15, 0.2) is 0 Å². The Morgan fingerprint density at radius 2 is 1.69 bits per heavy atom. The number of hydrogen-bond donors (Lipinski definition) is 1. The maximum absolute atomic E-state index is 11.3. The zero-order valence-corrected chi connectivity index (χ0v) is 11.2. The van der Waals surface area contributed by atoms with Crippen LogP contribution in [-0.2, 0) is 0 Å². The van der Waals surface area contributed by atoms with E-state index in [1.165, 1.54) is 32.1 Å². The van der Waals surface area contributed by atoms with Gasteiger partial charge in [0.25, 0.3) is 0 Å². The van der Waals surface area contributed by atoms with Gasteiger partial charge in [-0.2, -0.15) is 0 Å². The summed E-state index contributed by atoms with van der Waals surface area (Å²) in [5.41, 5.74) is 0.297. The molecule has 0 saturated heterocycles. The van der Waals surface area contributed by atoms with E-state index in [4.69, 9.17) is 0 Å². The van der Waals surface area contributed by atoms with Gasteiger partial charge in [0.2, 0.25) is 0 Å². The fraction of sp³-hybridized carbons (Fsp3) is 1.00. The van der Waals surface area contributed by atoms with Crippen LogP contribution in [0.25, 0.3) is 0 Å². The fourth-order valence-electron chi connectivity index (χ4n) is 5.96. The molecule has 3 aliphatic rings. The molecule has 5 atom stereocenters. The van der Waals surface area contributed by atoms with Crippen LogP contribution < -0.4 is 0 Å². The number of rotatable bonds is 0. The maximum Gasteiger partial charge on any atom is 0.0757 e. The van der Waals surface area contributed by atoms with E-state index in [0.29, 0.717) is 17.3 Å². The first-order valence-electron chi connectivity index (χ1n) is 7.04. The van der Waals surface area contributed by atoms with Gasteiger partial charge in [-0.25, -0.2) is 0 Å². The first-order chi connectivity index (χ1) is 7.31. The Morgan fingerprint density at radius 3 is 2.38 bits per heavy atom. The molecular weight excluding hydrogens is 196 g/mol. The first-order valence-corrected chi connectivity index (χ1v) is 7.04. The average molecular weight is 222 g/mol. The van der Waals surface area contributed by atoms with E-state index in [0.717, 1.165) is 5.92 Å². The monoisotopic (exact) mass is 222 g/mol. The molecule has 1 N–H and O–H groups in total. The van der Waals surface area contributed by atoms with Crippen molar-refractivity contribution in [2.75, 3.05) is 0 Å². The van der Waals surface area contributed by atoms with Crippen molar-refractivity contribution in [2.24, 2.45) is 28.6 Å². The number of aliphatic hydroxyl groups is 1. The predicted molar refractivity (Wildman–Crippen MR) is 66.1 cm³/mol. The molecule has 3 fully saturated rings. The van der Waals surface area contributed by atoms with Crippen molar-refractivity contribution in [3.05, 3.63) is 0 Å². The second-order valence-corrected chi connectivity index (χ2v) is 7.78. The average Bonchev–Trinajstić information content (AvgIpc) is 2.36. The minimum atomic E-state index is -0.342. The molecule has 1 nitrogen and oxygen atoms in total. The van der Waals surface area contributed by atoms with Gasteiger partial charge >= 0.3 is 0 Å². The molecule has 92 valence electrons. The highest BCUT2D eigenvalue weighted by atomic mass is 16.3. The van der Waals surface area contributed by atoms with Crippen LogP contribution in [0.1, 0.15) is 59.8 Å². The van der Waals surface area contributed by atoms with Gasteiger partial charge in [0.1, 0.15) is 0 Å². The van der Waals surface area contributed by atoms with Crippen LogP contribution in [-0.4, -0.2) is 10.7 Å². The van der Waals surface area contributed by atoms with E-state index >= 15 is 0 Å². The highest BCUT2D eigenvalue weighted by Gasteiger charge is 2.68. The van der Waals surface area contributed by atoms with Gasteiger partial charge in [0.05, 0.1) is 5.60 Å². The summed E-state index contributed by atoms with van der Waals surface area (Å²) in [6, 6.07) is 0. The van der Waals surface area contributed by atoms with Gasteiger partial charge in [0.15, 0.2) is 0 Å². The van der Waals surface area contributed by atoms with Crippen molar-refractivity contribution < 1.29 is 5.11 Å². The van der Waals surface area contributed by atoms with Gasteiger partial charge < -0.3 is 5.11 Å². The summed E-state index contributed by atoms with van der Waals surface area (Å²) >= 11 is 0. The lowest BCUT2D eigenvalue weighted by atomic mass is 9.46. The molecule has 0 radical (unpaired) electrons. The summed E-state index contributed by atoms with van der Waals surface area (Å²) in [6.07, 6.45) is 6.32. The third-order valence-electron chi connectivity index (χ3n) is 6.54. The number of hydrogen-bond acceptors (Lipinski definition) is 1. The standard InChI is InChI=1S/C15H26O/c1-10-5-6-11-12-7-8-14(4,15(10,12)16)9-13(11,2)3/h10-12,16H,5-9H2,1-4H3/t10-,11-,12-,14-,15-/m1/s1. The first kappa shape index (κ1) is 11.1. The second kappa shape index (κ2) is 2.85. The summed E-state index contributed by atoms with van der Waals surface area (Å²) in [4.78, 5) is 0. The fourth-order valence-corrected chi connectivity index (χ4v) is 5.96. The molecule has 3 aliphatic carbocycles. The van der Waals surface area contributed by atoms with Gasteiger partial charge in [0, 0.05) is 0 Å². The van der Waals surface area contributed by atoms with E-state index in [1.807, 2.05) is 0 Å². The maximum atomic E-state index is 11.3. The topological polar surface area (TPSA) is 20.2 Å². The van der Waals surface area contributed by atoms with E-state index in [1.54, 1.807) is 0 Å². The van der Waals surface area contributed by atoms with Crippen molar-refractivity contribution >= 4 is 0 Å². The zero-order valence-electron chi connectivity index (χ0n) is 11.2. The molecule has 0 spiro atoms. The molecule has 0 aliphatic heterocycles. The molecule has 16 heavy (non-hydrogen) atoms. The molecule has 0 amide bonds. The van der Waals surface area contributed by atoms with Crippen LogP contribution in [0.4, 0.5) is 0 Å². The van der Waals surface area contributed by atoms with E-state index < -0.39 is 0 Å². The Balaban J connectivity index is 2.11. The summed E-state index contributed by atoms with van der Waals surface area (Å²) in [7, 11) is 0. The highest BCUT2D eigenvalue weighted by Crippen LogP contribution is 2.70. The van der Waals surface area contributed by atoms with Crippen molar-refractivity contribution in [3.8, 4) is 0 Å². The zero-order chi connectivity index (χ0) is 11.8. The Labute approximate surface area is 99.6 Å². The Morgan fingerprint density at radius 1 is 1.00 bits per heavy atom. The van der Waals surface area contributed by atoms with Crippen LogP contribution in [0.5, 0.6) is 0 Å². The second-order valence-electron chi connectivity index (χ2n) is 7.78. The molecule has 0 heterocycles. The lowest BCUT2D eigenvalue weighted by Crippen LogP contribution is -2.63. The Hall–Kier alpha value is -0.0400. The normalized spacial score (nSPS) is 58.7. The molecule has 0 aromatic rings. The predicted octanol–water partition coefficient (Wildman–Crippen LogP) is 3.61. The smallest absolute Gasteiger partial charge is 0.0757 e. The molecule has 3 saturated carbocycles. The molecule has 0 aromatic carbocycles.